The monoisotopic (exact) mass is 910 g/mol. The van der Waals surface area contributed by atoms with Crippen molar-refractivity contribution in [3.05, 3.63) is 0 Å². The second-order valence-corrected chi connectivity index (χ2v) is 32.5. The molecule has 0 radical (unpaired) electrons. The molecule has 0 aromatic rings. The van der Waals surface area contributed by atoms with Crippen LogP contribution in [0.2, 0.25) is 36.3 Å². The first kappa shape index (κ1) is 61.8. The van der Waals surface area contributed by atoms with E-state index in [0.29, 0.717) is 6.42 Å². The summed E-state index contributed by atoms with van der Waals surface area (Å²) in [4.78, 5) is 13.5. The van der Waals surface area contributed by atoms with E-state index in [1.54, 1.807) is 0 Å². The average Bonchev–Trinajstić information content (AvgIpc) is 3.20. The topological polar surface area (TPSA) is 67.8 Å². The van der Waals surface area contributed by atoms with Crippen molar-refractivity contribution >= 4 is 22.5 Å². The van der Waals surface area contributed by atoms with Gasteiger partial charge in [0.1, 0.15) is 0 Å². The molecule has 0 aromatic carbocycles. The van der Waals surface area contributed by atoms with Gasteiger partial charge in [-0.15, -0.1) is 0 Å². The molecule has 0 unspecified atom stereocenters. The molecular formula is C55H115NO4Si2. The highest BCUT2D eigenvalue weighted by molar-refractivity contribution is 6.74. The number of carbonyl (C=O) groups excluding carboxylic acids is 1. The van der Waals surface area contributed by atoms with Gasteiger partial charge in [0.2, 0.25) is 5.91 Å². The Bertz CT molecular complexity index is 1010. The number of rotatable bonds is 44. The van der Waals surface area contributed by atoms with E-state index in [4.69, 9.17) is 8.85 Å². The number of aliphatic hydroxyl groups excluding tert-OH is 1. The van der Waals surface area contributed by atoms with Crippen LogP contribution in [0.5, 0.6) is 0 Å². The lowest BCUT2D eigenvalue weighted by Crippen LogP contribution is -2.59. The van der Waals surface area contributed by atoms with Gasteiger partial charge in [-0.1, -0.05) is 267 Å². The van der Waals surface area contributed by atoms with E-state index < -0.39 is 22.7 Å². The summed E-state index contributed by atoms with van der Waals surface area (Å²) in [7, 11) is -4.44. The van der Waals surface area contributed by atoms with Gasteiger partial charge in [-0.3, -0.25) is 4.79 Å². The molecule has 372 valence electrons. The molecule has 3 atom stereocenters. The predicted octanol–water partition coefficient (Wildman–Crippen LogP) is 18.3. The number of amides is 1. The van der Waals surface area contributed by atoms with Crippen molar-refractivity contribution in [2.24, 2.45) is 0 Å². The highest BCUT2D eigenvalue weighted by Gasteiger charge is 2.46. The fourth-order valence-electron chi connectivity index (χ4n) is 8.37. The van der Waals surface area contributed by atoms with Crippen molar-refractivity contribution in [3.8, 4) is 0 Å². The lowest BCUT2D eigenvalue weighted by molar-refractivity contribution is -0.124. The Morgan fingerprint density at radius 2 is 0.726 bits per heavy atom. The number of aliphatic hydroxyl groups is 1. The van der Waals surface area contributed by atoms with Crippen LogP contribution in [-0.2, 0) is 13.6 Å². The third-order valence-corrected chi connectivity index (χ3v) is 23.9. The SMILES string of the molecule is CCCCCCCCCCCCCCCCCCCCCCCCCC(=O)N[C@@H](CO)[C@H](O[Si](C)(C)C(C)(C)C)[C@@H](CCCCCCCCCCCCC)O[Si](C)(C)C(C)(C)C. The molecule has 7 heteroatoms. The Morgan fingerprint density at radius 3 is 1.02 bits per heavy atom. The highest BCUT2D eigenvalue weighted by Crippen LogP contribution is 2.42. The molecule has 0 saturated carbocycles. The first-order valence-corrected chi connectivity index (χ1v) is 33.5. The molecule has 0 aromatic heterocycles. The van der Waals surface area contributed by atoms with Crippen LogP contribution in [0.25, 0.3) is 0 Å². The van der Waals surface area contributed by atoms with Crippen molar-refractivity contribution in [2.45, 2.75) is 341 Å². The summed E-state index contributed by atoms with van der Waals surface area (Å²) in [5.74, 6) is 0.0390. The summed E-state index contributed by atoms with van der Waals surface area (Å²) >= 11 is 0. The van der Waals surface area contributed by atoms with Crippen molar-refractivity contribution in [1.29, 1.82) is 0 Å². The zero-order chi connectivity index (χ0) is 46.6. The molecule has 0 bridgehead atoms. The lowest BCUT2D eigenvalue weighted by Gasteiger charge is -2.47. The molecule has 1 amide bonds. The third-order valence-electron chi connectivity index (χ3n) is 14.9. The van der Waals surface area contributed by atoms with E-state index in [1.165, 1.54) is 199 Å². The Hall–Kier alpha value is -0.216. The van der Waals surface area contributed by atoms with Crippen LogP contribution in [0.3, 0.4) is 0 Å². The molecule has 0 aliphatic carbocycles. The third kappa shape index (κ3) is 32.5. The van der Waals surface area contributed by atoms with Crippen LogP contribution in [-0.4, -0.2) is 52.5 Å². The molecule has 2 N–H and O–H groups in total. The molecule has 0 rings (SSSR count). The van der Waals surface area contributed by atoms with E-state index in [-0.39, 0.29) is 34.8 Å². The van der Waals surface area contributed by atoms with Crippen LogP contribution in [0, 0.1) is 0 Å². The average molecular weight is 911 g/mol. The summed E-state index contributed by atoms with van der Waals surface area (Å²) in [6.07, 6.45) is 46.7. The summed E-state index contributed by atoms with van der Waals surface area (Å²) in [6, 6.07) is -0.483. The quantitative estimate of drug-likeness (QED) is 0.0472. The van der Waals surface area contributed by atoms with Crippen molar-refractivity contribution in [2.75, 3.05) is 6.61 Å². The summed E-state index contributed by atoms with van der Waals surface area (Å²) < 4.78 is 14.5. The zero-order valence-electron chi connectivity index (χ0n) is 44.6. The van der Waals surface area contributed by atoms with Gasteiger partial charge in [-0.2, -0.15) is 0 Å². The van der Waals surface area contributed by atoms with E-state index in [9.17, 15) is 9.90 Å². The van der Waals surface area contributed by atoms with Gasteiger partial charge in [0.15, 0.2) is 16.6 Å². The summed E-state index contributed by atoms with van der Waals surface area (Å²) in [5.41, 5.74) is 0. The predicted molar refractivity (Wildman–Crippen MR) is 281 cm³/mol. The Kier molecular flexibility index (Phi) is 37.7. The van der Waals surface area contributed by atoms with E-state index in [0.717, 1.165) is 25.7 Å². The molecule has 0 fully saturated rings. The van der Waals surface area contributed by atoms with Crippen LogP contribution < -0.4 is 5.32 Å². The second kappa shape index (κ2) is 37.8. The van der Waals surface area contributed by atoms with Crippen molar-refractivity contribution < 1.29 is 18.8 Å². The molecule has 0 aliphatic heterocycles. The van der Waals surface area contributed by atoms with Gasteiger partial charge in [-0.25, -0.2) is 0 Å². The minimum absolute atomic E-state index is 0.000927. The maximum Gasteiger partial charge on any atom is 0.220 e. The maximum absolute atomic E-state index is 13.5. The fraction of sp³-hybridized carbons (Fsp3) is 0.982. The van der Waals surface area contributed by atoms with Crippen LogP contribution in [0.1, 0.15) is 287 Å². The fourth-order valence-corrected chi connectivity index (χ4v) is 11.1. The molecule has 5 nitrogen and oxygen atoms in total. The molecule has 62 heavy (non-hydrogen) atoms. The lowest BCUT2D eigenvalue weighted by atomic mass is 9.99. The number of nitrogens with one attached hydrogen (secondary N) is 1. The van der Waals surface area contributed by atoms with Crippen molar-refractivity contribution in [1.82, 2.24) is 5.32 Å². The van der Waals surface area contributed by atoms with E-state index >= 15 is 0 Å². The first-order chi connectivity index (χ1) is 29.4. The first-order valence-electron chi connectivity index (χ1n) is 27.7. The Labute approximate surface area is 392 Å². The number of unbranched alkanes of at least 4 members (excludes halogenated alkanes) is 32. The van der Waals surface area contributed by atoms with Crippen LogP contribution in [0.4, 0.5) is 0 Å². The number of carbonyl (C=O) groups is 1. The number of hydrogen-bond acceptors (Lipinski definition) is 4. The minimum Gasteiger partial charge on any atom is -0.411 e. The van der Waals surface area contributed by atoms with Gasteiger partial charge in [0.05, 0.1) is 24.9 Å². The van der Waals surface area contributed by atoms with E-state index in [1.807, 2.05) is 0 Å². The second-order valence-electron chi connectivity index (χ2n) is 23.0. The smallest absolute Gasteiger partial charge is 0.220 e. The van der Waals surface area contributed by atoms with Crippen molar-refractivity contribution in [3.63, 3.8) is 0 Å². The standard InChI is InChI=1S/C55H115NO4Si2/c1-13-15-17-19-21-23-25-26-27-28-29-30-31-32-33-34-35-36-38-40-42-44-46-48-52(58)56-50(49-57)53(60-62(11,12)55(6,7)8)51(59-61(9,10)54(3,4)5)47-45-43-41-39-37-24-22-20-18-16-14-2/h50-51,53,57H,13-49H2,1-12H3,(H,56,58)/t50-,51+,53-/m0/s1. The largest absolute Gasteiger partial charge is 0.411 e. The van der Waals surface area contributed by atoms with Crippen LogP contribution >= 0.6 is 0 Å². The van der Waals surface area contributed by atoms with E-state index in [2.05, 4.69) is 86.9 Å². The Balaban J connectivity index is 4.80. The number of hydrogen-bond donors (Lipinski definition) is 2. The molecule has 0 saturated heterocycles. The van der Waals surface area contributed by atoms with Crippen LogP contribution in [0.15, 0.2) is 0 Å². The van der Waals surface area contributed by atoms with Gasteiger partial charge in [0.25, 0.3) is 0 Å². The molecular weight excluding hydrogens is 795 g/mol. The highest BCUT2D eigenvalue weighted by atomic mass is 28.4. The zero-order valence-corrected chi connectivity index (χ0v) is 46.6. The van der Waals surface area contributed by atoms with Gasteiger partial charge in [0, 0.05) is 6.42 Å². The van der Waals surface area contributed by atoms with Gasteiger partial charge >= 0.3 is 0 Å². The molecule has 0 spiro atoms. The summed E-state index contributed by atoms with van der Waals surface area (Å²) in [6.45, 7) is 27.4. The minimum atomic E-state index is -2.26. The summed E-state index contributed by atoms with van der Waals surface area (Å²) in [5, 5.41) is 14.3. The Morgan fingerprint density at radius 1 is 0.452 bits per heavy atom. The molecule has 0 aliphatic rings. The normalized spacial score (nSPS) is 14.3. The van der Waals surface area contributed by atoms with Gasteiger partial charge < -0.3 is 19.3 Å². The maximum atomic E-state index is 13.5. The van der Waals surface area contributed by atoms with Gasteiger partial charge in [-0.05, 0) is 49.1 Å². The molecule has 0 heterocycles.